The fraction of sp³-hybridized carbons (Fsp3) is 0.571. The van der Waals surface area contributed by atoms with Crippen LogP contribution in [0.5, 0.6) is 0 Å². The summed E-state index contributed by atoms with van der Waals surface area (Å²) in [4.78, 5) is 21.7. The van der Waals surface area contributed by atoms with Crippen LogP contribution in [0.2, 0.25) is 0 Å². The topological polar surface area (TPSA) is 59.3 Å². The van der Waals surface area contributed by atoms with Crippen LogP contribution in [0, 0.1) is 13.8 Å². The predicted octanol–water partition coefficient (Wildman–Crippen LogP) is 3.01. The fourth-order valence-corrected chi connectivity index (χ4v) is 5.49. The molecule has 1 unspecified atom stereocenters. The van der Waals surface area contributed by atoms with Gasteiger partial charge in [0.2, 0.25) is 0 Å². The van der Waals surface area contributed by atoms with Crippen molar-refractivity contribution in [2.24, 2.45) is 0 Å². The number of hydrogen-bond acceptors (Lipinski definition) is 7. The zero-order valence-electron chi connectivity index (χ0n) is 17.2. The highest BCUT2D eigenvalue weighted by Gasteiger charge is 2.29. The number of rotatable bonds is 5. The molecule has 7 nitrogen and oxygen atoms in total. The van der Waals surface area contributed by atoms with Crippen molar-refractivity contribution in [2.45, 2.75) is 45.8 Å². The molecule has 1 atom stereocenters. The number of morpholine rings is 1. The number of thiophene rings is 1. The molecule has 2 aliphatic heterocycles. The van der Waals surface area contributed by atoms with Gasteiger partial charge in [0, 0.05) is 49.5 Å². The summed E-state index contributed by atoms with van der Waals surface area (Å²) in [5.41, 5.74) is 1.33. The summed E-state index contributed by atoms with van der Waals surface area (Å²) in [5.74, 6) is 2.06. The third-order valence-corrected chi connectivity index (χ3v) is 7.26. The van der Waals surface area contributed by atoms with Crippen LogP contribution in [0.15, 0.2) is 18.7 Å². The number of aromatic nitrogens is 4. The number of aryl methyl sites for hydroxylation is 2. The highest BCUT2D eigenvalue weighted by molar-refractivity contribution is 7.18. The van der Waals surface area contributed by atoms with Gasteiger partial charge < -0.3 is 14.2 Å². The van der Waals surface area contributed by atoms with E-state index in [9.17, 15) is 0 Å². The Hall–Kier alpha value is -2.03. The van der Waals surface area contributed by atoms with E-state index in [0.717, 1.165) is 62.4 Å². The fourth-order valence-electron chi connectivity index (χ4n) is 4.45. The average molecular weight is 413 g/mol. The van der Waals surface area contributed by atoms with E-state index in [4.69, 9.17) is 14.7 Å². The first-order valence-corrected chi connectivity index (χ1v) is 11.3. The second-order valence-corrected chi connectivity index (χ2v) is 9.27. The van der Waals surface area contributed by atoms with Crippen LogP contribution in [-0.2, 0) is 17.8 Å². The van der Waals surface area contributed by atoms with Gasteiger partial charge in [0.15, 0.2) is 0 Å². The molecule has 0 aliphatic carbocycles. The van der Waals surface area contributed by atoms with Crippen molar-refractivity contribution in [1.29, 1.82) is 0 Å². The Labute approximate surface area is 175 Å². The van der Waals surface area contributed by atoms with Crippen LogP contribution < -0.4 is 4.90 Å². The Morgan fingerprint density at radius 1 is 1.17 bits per heavy atom. The third kappa shape index (κ3) is 3.76. The van der Waals surface area contributed by atoms with Gasteiger partial charge in [0.25, 0.3) is 0 Å². The first-order chi connectivity index (χ1) is 14.2. The van der Waals surface area contributed by atoms with Crippen molar-refractivity contribution < 1.29 is 4.74 Å². The van der Waals surface area contributed by atoms with Crippen LogP contribution in [0.1, 0.15) is 29.1 Å². The first kappa shape index (κ1) is 19.0. The minimum Gasteiger partial charge on any atom is -0.379 e. The van der Waals surface area contributed by atoms with E-state index in [-0.39, 0.29) is 0 Å². The molecular weight excluding hydrogens is 384 g/mol. The molecule has 0 bridgehead atoms. The predicted molar refractivity (Wildman–Crippen MR) is 116 cm³/mol. The van der Waals surface area contributed by atoms with Gasteiger partial charge in [0.1, 0.15) is 16.5 Å². The first-order valence-electron chi connectivity index (χ1n) is 10.5. The van der Waals surface area contributed by atoms with E-state index in [2.05, 4.69) is 39.4 Å². The molecule has 154 valence electrons. The summed E-state index contributed by atoms with van der Waals surface area (Å²) in [6.45, 7) is 10.7. The highest BCUT2D eigenvalue weighted by atomic mass is 32.1. The Balaban J connectivity index is 1.51. The molecule has 0 saturated carbocycles. The van der Waals surface area contributed by atoms with Crippen molar-refractivity contribution in [1.82, 2.24) is 24.4 Å². The highest BCUT2D eigenvalue weighted by Crippen LogP contribution is 2.38. The summed E-state index contributed by atoms with van der Waals surface area (Å²) >= 11 is 1.80. The van der Waals surface area contributed by atoms with Gasteiger partial charge in [-0.2, -0.15) is 0 Å². The van der Waals surface area contributed by atoms with Crippen LogP contribution in [0.3, 0.4) is 0 Å². The Bertz CT molecular complexity index is 979. The quantitative estimate of drug-likeness (QED) is 0.642. The van der Waals surface area contributed by atoms with Crippen molar-refractivity contribution in [2.75, 3.05) is 37.7 Å². The van der Waals surface area contributed by atoms with Crippen molar-refractivity contribution in [3.05, 3.63) is 35.0 Å². The summed E-state index contributed by atoms with van der Waals surface area (Å²) < 4.78 is 7.68. The molecule has 3 aromatic rings. The van der Waals surface area contributed by atoms with E-state index in [0.29, 0.717) is 6.04 Å². The molecule has 3 aromatic heterocycles. The molecule has 2 aliphatic rings. The van der Waals surface area contributed by atoms with Crippen LogP contribution in [0.4, 0.5) is 5.82 Å². The van der Waals surface area contributed by atoms with Gasteiger partial charge >= 0.3 is 0 Å². The molecule has 5 heterocycles. The molecule has 29 heavy (non-hydrogen) atoms. The van der Waals surface area contributed by atoms with Gasteiger partial charge in [-0.3, -0.25) is 4.90 Å². The second-order valence-electron chi connectivity index (χ2n) is 8.06. The molecular formula is C21H28N6OS. The maximum atomic E-state index is 5.50. The lowest BCUT2D eigenvalue weighted by molar-refractivity contribution is 0.0331. The van der Waals surface area contributed by atoms with Gasteiger partial charge in [-0.15, -0.1) is 11.3 Å². The van der Waals surface area contributed by atoms with E-state index >= 15 is 0 Å². The normalized spacial score (nSPS) is 20.8. The lowest BCUT2D eigenvalue weighted by Gasteiger charge is -2.29. The summed E-state index contributed by atoms with van der Waals surface area (Å²) in [6.07, 6.45) is 8.21. The Morgan fingerprint density at radius 3 is 2.83 bits per heavy atom. The van der Waals surface area contributed by atoms with E-state index in [1.807, 2.05) is 12.5 Å². The lowest BCUT2D eigenvalue weighted by atomic mass is 10.1. The number of hydrogen-bond donors (Lipinski definition) is 0. The van der Waals surface area contributed by atoms with Crippen LogP contribution in [-0.4, -0.2) is 63.3 Å². The number of imidazole rings is 1. The second kappa shape index (κ2) is 8.01. The number of anilines is 1. The van der Waals surface area contributed by atoms with Gasteiger partial charge in [0.05, 0.1) is 31.5 Å². The summed E-state index contributed by atoms with van der Waals surface area (Å²) in [7, 11) is 0. The van der Waals surface area contributed by atoms with Crippen LogP contribution in [0.25, 0.3) is 10.2 Å². The summed E-state index contributed by atoms with van der Waals surface area (Å²) in [5, 5.41) is 1.25. The zero-order valence-corrected chi connectivity index (χ0v) is 18.0. The molecule has 0 radical (unpaired) electrons. The summed E-state index contributed by atoms with van der Waals surface area (Å²) in [6, 6.07) is 0.443. The minimum absolute atomic E-state index is 0.443. The SMILES string of the molecule is Cc1sc2nc(CN3CCOCC3)nc(N3CCCC3Cn3ccnc3)c2c1C. The maximum Gasteiger partial charge on any atom is 0.146 e. The molecule has 5 rings (SSSR count). The van der Waals surface area contributed by atoms with Crippen molar-refractivity contribution in [3.63, 3.8) is 0 Å². The molecule has 2 saturated heterocycles. The van der Waals surface area contributed by atoms with E-state index in [1.165, 1.54) is 28.7 Å². The third-order valence-electron chi connectivity index (χ3n) is 6.15. The zero-order chi connectivity index (χ0) is 19.8. The largest absolute Gasteiger partial charge is 0.379 e. The number of nitrogens with zero attached hydrogens (tertiary/aromatic N) is 6. The average Bonchev–Trinajstić information content (AvgIpc) is 3.45. The number of ether oxygens (including phenoxy) is 1. The molecule has 2 fully saturated rings. The van der Waals surface area contributed by atoms with Gasteiger partial charge in [-0.25, -0.2) is 15.0 Å². The molecule has 0 amide bonds. The Morgan fingerprint density at radius 2 is 2.03 bits per heavy atom. The maximum absolute atomic E-state index is 5.50. The molecule has 0 N–H and O–H groups in total. The van der Waals surface area contributed by atoms with Gasteiger partial charge in [-0.1, -0.05) is 0 Å². The standard InChI is InChI=1S/C21H28N6OS/c1-15-16(2)29-21-19(15)20(23-18(24-21)13-25-8-10-28-11-9-25)27-6-3-4-17(27)12-26-7-5-22-14-26/h5,7,14,17H,3-4,6,8-13H2,1-2H3. The van der Waals surface area contributed by atoms with Crippen molar-refractivity contribution in [3.8, 4) is 0 Å². The number of fused-ring (bicyclic) bond motifs is 1. The Kier molecular flexibility index (Phi) is 5.24. The molecule has 0 aromatic carbocycles. The van der Waals surface area contributed by atoms with E-state index in [1.54, 1.807) is 11.3 Å². The molecule has 8 heteroatoms. The van der Waals surface area contributed by atoms with Gasteiger partial charge in [-0.05, 0) is 32.3 Å². The minimum atomic E-state index is 0.443. The van der Waals surface area contributed by atoms with E-state index < -0.39 is 0 Å². The smallest absolute Gasteiger partial charge is 0.146 e. The van der Waals surface area contributed by atoms with Crippen molar-refractivity contribution >= 4 is 27.4 Å². The lowest BCUT2D eigenvalue weighted by Crippen LogP contribution is -2.37. The monoisotopic (exact) mass is 412 g/mol. The van der Waals surface area contributed by atoms with Crippen LogP contribution >= 0.6 is 11.3 Å². The molecule has 0 spiro atoms.